The number of amides is 1. The third kappa shape index (κ3) is 19.6. The Morgan fingerprint density at radius 1 is 1.16 bits per heavy atom. The van der Waals surface area contributed by atoms with Gasteiger partial charge in [-0.3, -0.25) is 9.69 Å². The molecule has 0 aromatic heterocycles. The number of carbonyl (C=O) groups is 2. The van der Waals surface area contributed by atoms with Crippen LogP contribution < -0.4 is 10.6 Å². The summed E-state index contributed by atoms with van der Waals surface area (Å²) in [5.41, 5.74) is 0. The molecule has 0 atom stereocenters. The van der Waals surface area contributed by atoms with Gasteiger partial charge in [0.15, 0.2) is 0 Å². The second kappa shape index (κ2) is 13.5. The van der Waals surface area contributed by atoms with Crippen molar-refractivity contribution in [2.75, 3.05) is 40.3 Å². The van der Waals surface area contributed by atoms with Crippen LogP contribution in [0.25, 0.3) is 0 Å². The molecule has 0 saturated heterocycles. The van der Waals surface area contributed by atoms with E-state index in [4.69, 9.17) is 0 Å². The predicted molar refractivity (Wildman–Crippen MR) is 80.2 cm³/mol. The fourth-order valence-corrected chi connectivity index (χ4v) is 1.22. The largest absolute Gasteiger partial charge is 0.355 e. The summed E-state index contributed by atoms with van der Waals surface area (Å²) in [5, 5.41) is 5.84. The number of nitrogens with zero attached hydrogens (tertiary/aromatic N) is 1. The molecule has 0 spiro atoms. The molecule has 5 heteroatoms. The first kappa shape index (κ1) is 20.4. The zero-order valence-electron chi connectivity index (χ0n) is 13.3. The van der Waals surface area contributed by atoms with Crippen molar-refractivity contribution in [3.05, 3.63) is 0 Å². The van der Waals surface area contributed by atoms with Crippen LogP contribution >= 0.6 is 0 Å². The number of likely N-dealkylation sites (N-methyl/N-ethyl adjacent to an activating group) is 1. The van der Waals surface area contributed by atoms with E-state index >= 15 is 0 Å². The van der Waals surface area contributed by atoms with Crippen molar-refractivity contribution in [1.29, 1.82) is 0 Å². The van der Waals surface area contributed by atoms with Crippen molar-refractivity contribution in [2.24, 2.45) is 11.8 Å². The number of nitrogens with one attached hydrogen (secondary N) is 2. The molecule has 0 aliphatic carbocycles. The maximum Gasteiger partial charge on any atom is 0.234 e. The maximum absolute atomic E-state index is 11.2. The van der Waals surface area contributed by atoms with Gasteiger partial charge in [-0.2, -0.15) is 0 Å². The number of rotatable bonds is 8. The third-order valence-electron chi connectivity index (χ3n) is 2.12. The zero-order valence-corrected chi connectivity index (χ0v) is 13.3. The zero-order chi connectivity index (χ0) is 15.3. The van der Waals surface area contributed by atoms with E-state index < -0.39 is 0 Å². The quantitative estimate of drug-likeness (QED) is 0.641. The molecule has 0 bridgehead atoms. The molecular formula is C14H31N3O2. The average molecular weight is 273 g/mol. The highest BCUT2D eigenvalue weighted by molar-refractivity contribution is 5.78. The van der Waals surface area contributed by atoms with Gasteiger partial charge in [0.1, 0.15) is 6.29 Å². The summed E-state index contributed by atoms with van der Waals surface area (Å²) in [6, 6.07) is 0. The van der Waals surface area contributed by atoms with Crippen molar-refractivity contribution in [3.63, 3.8) is 0 Å². The first-order valence-corrected chi connectivity index (χ1v) is 6.86. The molecule has 2 N–H and O–H groups in total. The Balaban J connectivity index is 0. The number of hydrogen-bond acceptors (Lipinski definition) is 4. The van der Waals surface area contributed by atoms with E-state index in [1.54, 1.807) is 11.9 Å². The van der Waals surface area contributed by atoms with E-state index in [1.165, 1.54) is 0 Å². The van der Waals surface area contributed by atoms with Crippen molar-refractivity contribution in [2.45, 2.75) is 27.7 Å². The maximum atomic E-state index is 11.2. The van der Waals surface area contributed by atoms with Crippen LogP contribution in [-0.4, -0.2) is 57.4 Å². The van der Waals surface area contributed by atoms with Crippen molar-refractivity contribution in [1.82, 2.24) is 15.5 Å². The van der Waals surface area contributed by atoms with Crippen molar-refractivity contribution < 1.29 is 9.59 Å². The third-order valence-corrected chi connectivity index (χ3v) is 2.12. The molecule has 0 aliphatic rings. The standard InChI is InChI=1S/C9H18N2O2.C5H13N/c1-8(2)6-10-9(13)7-11(3)4-5-12;1-5(2)4-6-3/h5,8H,4,6-7H2,1-3H3,(H,10,13);5-6H,4H2,1-3H3. The molecule has 0 unspecified atom stereocenters. The van der Waals surface area contributed by atoms with Crippen LogP contribution in [0.2, 0.25) is 0 Å². The van der Waals surface area contributed by atoms with E-state index in [-0.39, 0.29) is 12.5 Å². The minimum absolute atomic E-state index is 0.0296. The molecule has 19 heavy (non-hydrogen) atoms. The lowest BCUT2D eigenvalue weighted by atomic mass is 10.2. The number of carbonyl (C=O) groups excluding carboxylic acids is 2. The van der Waals surface area contributed by atoms with Crippen molar-refractivity contribution >= 4 is 12.2 Å². The van der Waals surface area contributed by atoms with Crippen LogP contribution in [-0.2, 0) is 9.59 Å². The lowest BCUT2D eigenvalue weighted by Crippen LogP contribution is -2.37. The summed E-state index contributed by atoms with van der Waals surface area (Å²) in [6.45, 7) is 10.9. The van der Waals surface area contributed by atoms with Crippen LogP contribution in [0.5, 0.6) is 0 Å². The van der Waals surface area contributed by atoms with Gasteiger partial charge < -0.3 is 15.4 Å². The Morgan fingerprint density at radius 2 is 1.68 bits per heavy atom. The lowest BCUT2D eigenvalue weighted by Gasteiger charge is -2.13. The summed E-state index contributed by atoms with van der Waals surface area (Å²) >= 11 is 0. The minimum Gasteiger partial charge on any atom is -0.355 e. The summed E-state index contributed by atoms with van der Waals surface area (Å²) in [7, 11) is 3.71. The van der Waals surface area contributed by atoms with Gasteiger partial charge in [0.2, 0.25) is 5.91 Å². The molecule has 0 rings (SSSR count). The van der Waals surface area contributed by atoms with Crippen molar-refractivity contribution in [3.8, 4) is 0 Å². The fraction of sp³-hybridized carbons (Fsp3) is 0.857. The van der Waals surface area contributed by atoms with Gasteiger partial charge in [0.25, 0.3) is 0 Å². The molecule has 114 valence electrons. The number of hydrogen-bond donors (Lipinski definition) is 2. The first-order valence-electron chi connectivity index (χ1n) is 6.86. The molecule has 0 aromatic carbocycles. The molecule has 0 saturated carbocycles. The molecular weight excluding hydrogens is 242 g/mol. The molecule has 1 amide bonds. The lowest BCUT2D eigenvalue weighted by molar-refractivity contribution is -0.122. The normalized spacial score (nSPS) is 10.4. The first-order chi connectivity index (χ1) is 8.83. The summed E-state index contributed by atoms with van der Waals surface area (Å²) in [5.74, 6) is 1.22. The van der Waals surface area contributed by atoms with E-state index in [0.717, 1.165) is 18.7 Å². The van der Waals surface area contributed by atoms with Crippen LogP contribution in [0, 0.1) is 11.8 Å². The van der Waals surface area contributed by atoms with Gasteiger partial charge in [0, 0.05) is 6.54 Å². The Hall–Kier alpha value is -0.940. The van der Waals surface area contributed by atoms with Crippen LogP contribution in [0.4, 0.5) is 0 Å². The van der Waals surface area contributed by atoms with E-state index in [0.29, 0.717) is 19.0 Å². The van der Waals surface area contributed by atoms with E-state index in [2.05, 4.69) is 24.5 Å². The summed E-state index contributed by atoms with van der Waals surface area (Å²) in [6.07, 6.45) is 0.787. The van der Waals surface area contributed by atoms with E-state index in [1.807, 2.05) is 20.9 Å². The topological polar surface area (TPSA) is 61.4 Å². The summed E-state index contributed by atoms with van der Waals surface area (Å²) in [4.78, 5) is 22.9. The molecule has 0 heterocycles. The minimum atomic E-state index is -0.0296. The molecule has 5 nitrogen and oxygen atoms in total. The number of aldehydes is 1. The Bertz CT molecular complexity index is 231. The van der Waals surface area contributed by atoms with Gasteiger partial charge in [-0.15, -0.1) is 0 Å². The molecule has 0 aromatic rings. The van der Waals surface area contributed by atoms with Crippen LogP contribution in [0.3, 0.4) is 0 Å². The second-order valence-corrected chi connectivity index (χ2v) is 5.51. The highest BCUT2D eigenvalue weighted by Gasteiger charge is 2.05. The van der Waals surface area contributed by atoms with Crippen LogP contribution in [0.1, 0.15) is 27.7 Å². The van der Waals surface area contributed by atoms with E-state index in [9.17, 15) is 9.59 Å². The Labute approximate surface area is 118 Å². The highest BCUT2D eigenvalue weighted by atomic mass is 16.2. The second-order valence-electron chi connectivity index (χ2n) is 5.51. The van der Waals surface area contributed by atoms with Gasteiger partial charge in [-0.05, 0) is 32.5 Å². The Kier molecular flexibility index (Phi) is 14.5. The summed E-state index contributed by atoms with van der Waals surface area (Å²) < 4.78 is 0. The molecule has 0 fully saturated rings. The monoisotopic (exact) mass is 273 g/mol. The van der Waals surface area contributed by atoms with Gasteiger partial charge >= 0.3 is 0 Å². The predicted octanol–water partition coefficient (Wildman–Crippen LogP) is 0.751. The average Bonchev–Trinajstić information content (AvgIpc) is 2.27. The fourth-order valence-electron chi connectivity index (χ4n) is 1.22. The smallest absolute Gasteiger partial charge is 0.234 e. The van der Waals surface area contributed by atoms with Gasteiger partial charge in [-0.1, -0.05) is 27.7 Å². The van der Waals surface area contributed by atoms with Gasteiger partial charge in [-0.25, -0.2) is 0 Å². The van der Waals surface area contributed by atoms with Crippen LogP contribution in [0.15, 0.2) is 0 Å². The highest BCUT2D eigenvalue weighted by Crippen LogP contribution is 1.87. The Morgan fingerprint density at radius 3 is 2.00 bits per heavy atom. The molecule has 0 radical (unpaired) electrons. The SMILES string of the molecule is CC(C)CNC(=O)CN(C)CC=O.CNCC(C)C. The van der Waals surface area contributed by atoms with Gasteiger partial charge in [0.05, 0.1) is 13.1 Å². The molecule has 0 aliphatic heterocycles.